The molecule has 5 heteroatoms. The van der Waals surface area contributed by atoms with E-state index in [1.165, 1.54) is 0 Å². The third kappa shape index (κ3) is 2.55. The maximum atomic E-state index is 12.4. The van der Waals surface area contributed by atoms with Gasteiger partial charge in [0.15, 0.2) is 0 Å². The van der Waals surface area contributed by atoms with Crippen molar-refractivity contribution in [2.75, 3.05) is 13.1 Å². The summed E-state index contributed by atoms with van der Waals surface area (Å²) >= 11 is 3.42. The van der Waals surface area contributed by atoms with Gasteiger partial charge in [-0.2, -0.15) is 0 Å². The lowest BCUT2D eigenvalue weighted by Crippen LogP contribution is -2.33. The first-order chi connectivity index (χ1) is 7.99. The van der Waals surface area contributed by atoms with E-state index in [9.17, 15) is 4.79 Å². The van der Waals surface area contributed by atoms with Gasteiger partial charge in [0, 0.05) is 35.8 Å². The lowest BCUT2D eigenvalue weighted by atomic mass is 10.3. The summed E-state index contributed by atoms with van der Waals surface area (Å²) in [6.45, 7) is 5.57. The first-order valence-electron chi connectivity index (χ1n) is 5.91. The molecule has 0 radical (unpaired) electrons. The number of likely N-dealkylation sites (tertiary alicyclic amines) is 1. The zero-order valence-corrected chi connectivity index (χ0v) is 11.8. The molecule has 0 aromatic carbocycles. The molecule has 2 N–H and O–H groups in total. The fourth-order valence-corrected chi connectivity index (χ4v) is 2.62. The predicted molar refractivity (Wildman–Crippen MR) is 71.0 cm³/mol. The summed E-state index contributed by atoms with van der Waals surface area (Å²) in [5, 5.41) is 0. The van der Waals surface area contributed by atoms with Crippen molar-refractivity contribution >= 4 is 21.8 Å². The number of hydrogen-bond acceptors (Lipinski definition) is 2. The number of hydrogen-bond donors (Lipinski definition) is 1. The van der Waals surface area contributed by atoms with Crippen molar-refractivity contribution in [3.63, 3.8) is 0 Å². The Bertz CT molecular complexity index is 427. The number of nitrogens with zero attached hydrogens (tertiary/aromatic N) is 2. The molecule has 1 fully saturated rings. The van der Waals surface area contributed by atoms with Crippen LogP contribution in [-0.2, 0) is 0 Å². The number of rotatable bonds is 2. The first-order valence-corrected chi connectivity index (χ1v) is 6.70. The molecule has 0 spiro atoms. The van der Waals surface area contributed by atoms with Crippen LogP contribution in [0.1, 0.15) is 36.8 Å². The van der Waals surface area contributed by atoms with Gasteiger partial charge >= 0.3 is 0 Å². The Kier molecular flexibility index (Phi) is 3.58. The molecule has 2 heterocycles. The minimum Gasteiger partial charge on any atom is -0.340 e. The zero-order valence-electron chi connectivity index (χ0n) is 10.2. The summed E-state index contributed by atoms with van der Waals surface area (Å²) in [7, 11) is 0. The van der Waals surface area contributed by atoms with Crippen molar-refractivity contribution in [1.82, 2.24) is 9.47 Å². The largest absolute Gasteiger partial charge is 0.340 e. The number of amides is 1. The van der Waals surface area contributed by atoms with Crippen molar-refractivity contribution < 1.29 is 4.79 Å². The van der Waals surface area contributed by atoms with Crippen LogP contribution in [0.4, 0.5) is 0 Å². The van der Waals surface area contributed by atoms with Gasteiger partial charge < -0.3 is 15.2 Å². The maximum Gasteiger partial charge on any atom is 0.270 e. The van der Waals surface area contributed by atoms with E-state index in [2.05, 4.69) is 29.8 Å². The van der Waals surface area contributed by atoms with Gasteiger partial charge in [0.2, 0.25) is 0 Å². The molecule has 4 nitrogen and oxygen atoms in total. The Morgan fingerprint density at radius 2 is 2.29 bits per heavy atom. The topological polar surface area (TPSA) is 51.3 Å². The molecule has 17 heavy (non-hydrogen) atoms. The molecule has 94 valence electrons. The first kappa shape index (κ1) is 12.6. The van der Waals surface area contributed by atoms with Gasteiger partial charge in [-0.1, -0.05) is 0 Å². The van der Waals surface area contributed by atoms with Crippen LogP contribution in [-0.4, -0.2) is 34.5 Å². The highest BCUT2D eigenvalue weighted by molar-refractivity contribution is 9.10. The quantitative estimate of drug-likeness (QED) is 0.908. The second-order valence-electron chi connectivity index (χ2n) is 4.84. The summed E-state index contributed by atoms with van der Waals surface area (Å²) in [6, 6.07) is 2.29. The highest BCUT2D eigenvalue weighted by Gasteiger charge is 2.27. The fourth-order valence-electron chi connectivity index (χ4n) is 2.18. The molecule has 2 rings (SSSR count). The van der Waals surface area contributed by atoms with Gasteiger partial charge in [-0.3, -0.25) is 4.79 Å². The van der Waals surface area contributed by atoms with Gasteiger partial charge in [0.05, 0.1) is 0 Å². The van der Waals surface area contributed by atoms with Gasteiger partial charge in [-0.05, 0) is 42.3 Å². The van der Waals surface area contributed by atoms with E-state index in [0.29, 0.717) is 6.54 Å². The number of halogens is 1. The molecule has 0 saturated carbocycles. The van der Waals surface area contributed by atoms with E-state index in [1.807, 2.05) is 21.7 Å². The number of carbonyl (C=O) groups is 1. The van der Waals surface area contributed by atoms with Gasteiger partial charge in [0.25, 0.3) is 5.91 Å². The van der Waals surface area contributed by atoms with E-state index in [0.717, 1.165) is 23.1 Å². The summed E-state index contributed by atoms with van der Waals surface area (Å²) in [4.78, 5) is 14.2. The van der Waals surface area contributed by atoms with Gasteiger partial charge in [-0.15, -0.1) is 0 Å². The monoisotopic (exact) mass is 299 g/mol. The predicted octanol–water partition coefficient (Wildman–Crippen LogP) is 2.00. The lowest BCUT2D eigenvalue weighted by Gasteiger charge is -2.18. The summed E-state index contributed by atoms with van der Waals surface area (Å²) < 4.78 is 2.94. The molecular weight excluding hydrogens is 282 g/mol. The van der Waals surface area contributed by atoms with Crippen LogP contribution in [0.3, 0.4) is 0 Å². The highest BCUT2D eigenvalue weighted by atomic mass is 79.9. The van der Waals surface area contributed by atoms with E-state index >= 15 is 0 Å². The van der Waals surface area contributed by atoms with Crippen molar-refractivity contribution in [2.45, 2.75) is 32.4 Å². The Balaban J connectivity index is 2.24. The normalized spacial score (nSPS) is 20.3. The maximum absolute atomic E-state index is 12.4. The standard InChI is InChI=1S/C12H18BrN3O/c1-8(2)16-6-9(13)5-11(16)12(17)15-4-3-10(14)7-15/h5-6,8,10H,3-4,7,14H2,1-2H3. The van der Waals surface area contributed by atoms with Crippen molar-refractivity contribution in [3.05, 3.63) is 22.4 Å². The van der Waals surface area contributed by atoms with Crippen LogP contribution in [0, 0.1) is 0 Å². The molecule has 1 aromatic heterocycles. The van der Waals surface area contributed by atoms with Crippen LogP contribution < -0.4 is 5.73 Å². The van der Waals surface area contributed by atoms with Crippen molar-refractivity contribution in [2.24, 2.45) is 5.73 Å². The molecule has 1 unspecified atom stereocenters. The summed E-state index contributed by atoms with van der Waals surface area (Å²) in [5.41, 5.74) is 6.57. The third-order valence-electron chi connectivity index (χ3n) is 3.10. The fraction of sp³-hybridized carbons (Fsp3) is 0.583. The SMILES string of the molecule is CC(C)n1cc(Br)cc1C(=O)N1CCC(N)C1. The molecule has 1 amide bonds. The van der Waals surface area contributed by atoms with Crippen molar-refractivity contribution in [3.8, 4) is 0 Å². The summed E-state index contributed by atoms with van der Waals surface area (Å²) in [6.07, 6.45) is 2.85. The molecule has 1 aliphatic heterocycles. The van der Waals surface area contributed by atoms with Crippen molar-refractivity contribution in [1.29, 1.82) is 0 Å². The molecule has 0 aliphatic carbocycles. The number of nitrogens with two attached hydrogens (primary N) is 1. The van der Waals surface area contributed by atoms with Crippen LogP contribution in [0.2, 0.25) is 0 Å². The molecule has 1 aliphatic rings. The second kappa shape index (κ2) is 4.82. The molecule has 0 bridgehead atoms. The average molecular weight is 300 g/mol. The Labute approximate surface area is 110 Å². The van der Waals surface area contributed by atoms with E-state index in [-0.39, 0.29) is 18.0 Å². The molecule has 1 aromatic rings. The number of aromatic nitrogens is 1. The second-order valence-corrected chi connectivity index (χ2v) is 5.76. The molecule has 1 saturated heterocycles. The van der Waals surface area contributed by atoms with E-state index in [4.69, 9.17) is 5.73 Å². The van der Waals surface area contributed by atoms with Gasteiger partial charge in [-0.25, -0.2) is 0 Å². The average Bonchev–Trinajstić information content (AvgIpc) is 2.83. The van der Waals surface area contributed by atoms with Crippen LogP contribution >= 0.6 is 15.9 Å². The number of carbonyl (C=O) groups excluding carboxylic acids is 1. The Morgan fingerprint density at radius 3 is 2.82 bits per heavy atom. The van der Waals surface area contributed by atoms with E-state index in [1.54, 1.807) is 0 Å². The Morgan fingerprint density at radius 1 is 1.59 bits per heavy atom. The minimum atomic E-state index is 0.0809. The smallest absolute Gasteiger partial charge is 0.270 e. The van der Waals surface area contributed by atoms with Crippen LogP contribution in [0.5, 0.6) is 0 Å². The zero-order chi connectivity index (χ0) is 12.6. The summed E-state index contributed by atoms with van der Waals surface area (Å²) in [5.74, 6) is 0.0809. The lowest BCUT2D eigenvalue weighted by molar-refractivity contribution is 0.0778. The van der Waals surface area contributed by atoms with Gasteiger partial charge in [0.1, 0.15) is 5.69 Å². The minimum absolute atomic E-state index is 0.0809. The third-order valence-corrected chi connectivity index (χ3v) is 3.54. The Hall–Kier alpha value is -0.810. The molecular formula is C12H18BrN3O. The van der Waals surface area contributed by atoms with Crippen LogP contribution in [0.25, 0.3) is 0 Å². The highest BCUT2D eigenvalue weighted by Crippen LogP contribution is 2.22. The molecule has 1 atom stereocenters. The van der Waals surface area contributed by atoms with Crippen LogP contribution in [0.15, 0.2) is 16.7 Å². The van der Waals surface area contributed by atoms with E-state index < -0.39 is 0 Å².